The van der Waals surface area contributed by atoms with Gasteiger partial charge in [-0.2, -0.15) is 0 Å². The van der Waals surface area contributed by atoms with E-state index in [-0.39, 0.29) is 0 Å². The maximum atomic E-state index is 5.80. The number of benzene rings is 1. The fourth-order valence-corrected chi connectivity index (χ4v) is 1.43. The van der Waals surface area contributed by atoms with Gasteiger partial charge in [-0.3, -0.25) is 0 Å². The molecule has 1 aliphatic carbocycles. The van der Waals surface area contributed by atoms with E-state index in [9.17, 15) is 0 Å². The van der Waals surface area contributed by atoms with Gasteiger partial charge in [0.15, 0.2) is 0 Å². The van der Waals surface area contributed by atoms with Crippen LogP contribution in [-0.4, -0.2) is 0 Å². The third-order valence-electron chi connectivity index (χ3n) is 2.00. The molecule has 2 N–H and O–H groups in total. The van der Waals surface area contributed by atoms with E-state index in [0.29, 0.717) is 5.92 Å². The molecule has 0 radical (unpaired) electrons. The van der Waals surface area contributed by atoms with Crippen molar-refractivity contribution >= 4 is 21.6 Å². The van der Waals surface area contributed by atoms with Gasteiger partial charge in [0.1, 0.15) is 0 Å². The van der Waals surface area contributed by atoms with Crippen molar-refractivity contribution in [2.45, 2.75) is 12.8 Å². The first kappa shape index (κ1) is 8.65. The molecule has 13 heavy (non-hydrogen) atoms. The average molecular weight is 236 g/mol. The zero-order chi connectivity index (χ0) is 9.26. The fraction of sp³-hybridized carbons (Fsp3) is 0.273. The van der Waals surface area contributed by atoms with Gasteiger partial charge in [-0.15, -0.1) is 0 Å². The minimum atomic E-state index is 0.628. The van der Waals surface area contributed by atoms with Crippen molar-refractivity contribution in [3.63, 3.8) is 0 Å². The van der Waals surface area contributed by atoms with Gasteiger partial charge in [-0.05, 0) is 31.0 Å². The molecular weight excluding hydrogens is 226 g/mol. The van der Waals surface area contributed by atoms with Crippen LogP contribution in [0.5, 0.6) is 0 Å². The molecule has 0 aliphatic heterocycles. The summed E-state index contributed by atoms with van der Waals surface area (Å²) in [6, 6.07) is 5.80. The molecule has 1 aromatic rings. The highest BCUT2D eigenvalue weighted by Crippen LogP contribution is 2.28. The second-order valence-corrected chi connectivity index (χ2v) is 4.19. The highest BCUT2D eigenvalue weighted by atomic mass is 79.9. The second kappa shape index (κ2) is 3.43. The molecule has 0 atom stereocenters. The van der Waals surface area contributed by atoms with E-state index in [1.165, 1.54) is 12.8 Å². The van der Waals surface area contributed by atoms with Gasteiger partial charge in [0.25, 0.3) is 0 Å². The lowest BCUT2D eigenvalue weighted by molar-refractivity contribution is 1.18. The van der Waals surface area contributed by atoms with Crippen molar-refractivity contribution < 1.29 is 0 Å². The van der Waals surface area contributed by atoms with Gasteiger partial charge in [-0.25, -0.2) is 0 Å². The summed E-state index contributed by atoms with van der Waals surface area (Å²) in [5, 5.41) is 0. The quantitative estimate of drug-likeness (QED) is 0.544. The summed E-state index contributed by atoms with van der Waals surface area (Å²) in [6.45, 7) is 0. The van der Waals surface area contributed by atoms with Gasteiger partial charge in [0.2, 0.25) is 0 Å². The Balaban J connectivity index is 2.25. The van der Waals surface area contributed by atoms with Crippen molar-refractivity contribution in [2.75, 3.05) is 5.73 Å². The summed E-state index contributed by atoms with van der Waals surface area (Å²) < 4.78 is 1.00. The Kier molecular flexibility index (Phi) is 2.28. The SMILES string of the molecule is Nc1cc(Br)ccc1C#CC1CC1. The molecule has 1 aromatic carbocycles. The highest BCUT2D eigenvalue weighted by molar-refractivity contribution is 9.10. The Labute approximate surface area is 86.5 Å². The Morgan fingerprint density at radius 3 is 2.77 bits per heavy atom. The van der Waals surface area contributed by atoms with E-state index in [2.05, 4.69) is 27.8 Å². The van der Waals surface area contributed by atoms with Crippen LogP contribution in [-0.2, 0) is 0 Å². The Morgan fingerprint density at radius 1 is 1.38 bits per heavy atom. The van der Waals surface area contributed by atoms with Gasteiger partial charge in [0.05, 0.1) is 0 Å². The molecule has 1 fully saturated rings. The first-order valence-electron chi connectivity index (χ1n) is 4.32. The lowest BCUT2D eigenvalue weighted by atomic mass is 10.2. The third kappa shape index (κ3) is 2.26. The standard InChI is InChI=1S/C11H10BrN/c12-10-6-5-9(11(13)7-10)4-3-8-1-2-8/h5-8H,1-2,13H2. The van der Waals surface area contributed by atoms with E-state index in [1.807, 2.05) is 18.2 Å². The van der Waals surface area contributed by atoms with Crippen molar-refractivity contribution in [2.24, 2.45) is 5.92 Å². The normalized spacial score (nSPS) is 14.8. The molecule has 0 aromatic heterocycles. The maximum Gasteiger partial charge on any atom is 0.0484 e. The van der Waals surface area contributed by atoms with Crippen LogP contribution in [0.25, 0.3) is 0 Å². The molecule has 0 unspecified atom stereocenters. The molecule has 0 amide bonds. The average Bonchev–Trinajstić information content (AvgIpc) is 2.86. The Morgan fingerprint density at radius 2 is 2.15 bits per heavy atom. The monoisotopic (exact) mass is 235 g/mol. The van der Waals surface area contributed by atoms with E-state index < -0.39 is 0 Å². The maximum absolute atomic E-state index is 5.80. The largest absolute Gasteiger partial charge is 0.398 e. The number of nitrogen functional groups attached to an aromatic ring is 1. The molecule has 1 saturated carbocycles. The van der Waals surface area contributed by atoms with Crippen molar-refractivity contribution in [1.82, 2.24) is 0 Å². The van der Waals surface area contributed by atoms with Crippen LogP contribution in [0.15, 0.2) is 22.7 Å². The zero-order valence-electron chi connectivity index (χ0n) is 7.18. The lowest BCUT2D eigenvalue weighted by Crippen LogP contribution is -1.89. The predicted octanol–water partition coefficient (Wildman–Crippen LogP) is 2.79. The van der Waals surface area contributed by atoms with Crippen molar-refractivity contribution in [3.8, 4) is 11.8 Å². The Bertz CT molecular complexity index is 383. The van der Waals surface area contributed by atoms with E-state index in [1.54, 1.807) is 0 Å². The number of nitrogens with two attached hydrogens (primary N) is 1. The number of hydrogen-bond donors (Lipinski definition) is 1. The van der Waals surface area contributed by atoms with Gasteiger partial charge in [-0.1, -0.05) is 27.8 Å². The predicted molar refractivity (Wildman–Crippen MR) is 58.2 cm³/mol. The summed E-state index contributed by atoms with van der Waals surface area (Å²) >= 11 is 3.36. The van der Waals surface area contributed by atoms with Crippen LogP contribution in [0.2, 0.25) is 0 Å². The number of anilines is 1. The molecule has 2 rings (SSSR count). The van der Waals surface area contributed by atoms with Crippen LogP contribution in [0.4, 0.5) is 5.69 Å². The van der Waals surface area contributed by atoms with Crippen molar-refractivity contribution in [1.29, 1.82) is 0 Å². The summed E-state index contributed by atoms with van der Waals surface area (Å²) in [4.78, 5) is 0. The summed E-state index contributed by atoms with van der Waals surface area (Å²) in [5.41, 5.74) is 7.49. The number of hydrogen-bond acceptors (Lipinski definition) is 1. The minimum absolute atomic E-state index is 0.628. The minimum Gasteiger partial charge on any atom is -0.398 e. The topological polar surface area (TPSA) is 26.0 Å². The van der Waals surface area contributed by atoms with Gasteiger partial charge >= 0.3 is 0 Å². The summed E-state index contributed by atoms with van der Waals surface area (Å²) in [6.07, 6.45) is 2.51. The molecule has 0 heterocycles. The molecule has 2 heteroatoms. The molecule has 0 saturated heterocycles. The molecular formula is C11H10BrN. The third-order valence-corrected chi connectivity index (χ3v) is 2.50. The molecule has 1 nitrogen and oxygen atoms in total. The van der Waals surface area contributed by atoms with Crippen LogP contribution in [0.1, 0.15) is 18.4 Å². The number of rotatable bonds is 0. The van der Waals surface area contributed by atoms with E-state index >= 15 is 0 Å². The highest BCUT2D eigenvalue weighted by Gasteiger charge is 2.17. The molecule has 66 valence electrons. The molecule has 0 bridgehead atoms. The lowest BCUT2D eigenvalue weighted by Gasteiger charge is -1.97. The first-order chi connectivity index (χ1) is 6.25. The van der Waals surface area contributed by atoms with Gasteiger partial charge in [0, 0.05) is 21.6 Å². The van der Waals surface area contributed by atoms with Crippen LogP contribution >= 0.6 is 15.9 Å². The van der Waals surface area contributed by atoms with Crippen LogP contribution in [0.3, 0.4) is 0 Å². The Hall–Kier alpha value is -0.940. The zero-order valence-corrected chi connectivity index (χ0v) is 8.76. The van der Waals surface area contributed by atoms with Gasteiger partial charge < -0.3 is 5.73 Å². The first-order valence-corrected chi connectivity index (χ1v) is 5.11. The number of halogens is 1. The van der Waals surface area contributed by atoms with E-state index in [4.69, 9.17) is 5.73 Å². The molecule has 0 spiro atoms. The smallest absolute Gasteiger partial charge is 0.0484 e. The molecule has 1 aliphatic rings. The van der Waals surface area contributed by atoms with Crippen molar-refractivity contribution in [3.05, 3.63) is 28.2 Å². The summed E-state index contributed by atoms with van der Waals surface area (Å²) in [5.74, 6) is 6.92. The second-order valence-electron chi connectivity index (χ2n) is 3.28. The fourth-order valence-electron chi connectivity index (χ4n) is 1.05. The summed E-state index contributed by atoms with van der Waals surface area (Å²) in [7, 11) is 0. The van der Waals surface area contributed by atoms with E-state index in [0.717, 1.165) is 15.7 Å². The van der Waals surface area contributed by atoms with Crippen LogP contribution in [0, 0.1) is 17.8 Å². The van der Waals surface area contributed by atoms with Crippen LogP contribution < -0.4 is 5.73 Å².